The maximum atomic E-state index is 12.7. The Kier molecular flexibility index (Phi) is 5.24. The van der Waals surface area contributed by atoms with E-state index in [0.29, 0.717) is 33.3 Å². The zero-order chi connectivity index (χ0) is 23.1. The van der Waals surface area contributed by atoms with Crippen LogP contribution < -0.4 is 10.2 Å². The average molecular weight is 477 g/mol. The molecule has 8 heteroatoms. The first-order chi connectivity index (χ1) is 15.9. The van der Waals surface area contributed by atoms with E-state index in [1.807, 2.05) is 0 Å². The standard InChI is InChI=1S/C25H14Cl2N2O4/c26-15-7-5-14(6-8-15)21-11-12-22(33-21)23(30)28-20-10-9-16(13-19(20)27)29-24(31)17-3-1-2-4-18(17)25(29)32/h1-13H,(H,28,30). The molecule has 5 rings (SSSR count). The second-order valence-corrected chi connectivity index (χ2v) is 8.12. The van der Waals surface area contributed by atoms with Crippen molar-refractivity contribution < 1.29 is 18.8 Å². The van der Waals surface area contributed by atoms with Gasteiger partial charge in [0.2, 0.25) is 0 Å². The second-order valence-electron chi connectivity index (χ2n) is 7.28. The normalized spacial score (nSPS) is 12.7. The van der Waals surface area contributed by atoms with Gasteiger partial charge in [-0.25, -0.2) is 4.90 Å². The molecule has 2 heterocycles. The summed E-state index contributed by atoms with van der Waals surface area (Å²) in [6, 6.07) is 21.4. The molecule has 162 valence electrons. The van der Waals surface area contributed by atoms with Crippen molar-refractivity contribution in [3.63, 3.8) is 0 Å². The van der Waals surface area contributed by atoms with Gasteiger partial charge in [0.15, 0.2) is 5.76 Å². The number of halogens is 2. The Hall–Kier alpha value is -3.87. The number of carbonyl (C=O) groups is 3. The van der Waals surface area contributed by atoms with Crippen molar-refractivity contribution in [1.29, 1.82) is 0 Å². The fourth-order valence-electron chi connectivity index (χ4n) is 3.58. The van der Waals surface area contributed by atoms with Crippen molar-refractivity contribution in [2.24, 2.45) is 0 Å². The first-order valence-electron chi connectivity index (χ1n) is 9.87. The number of hydrogen-bond donors (Lipinski definition) is 1. The Morgan fingerprint density at radius 1 is 0.818 bits per heavy atom. The molecule has 0 atom stereocenters. The number of rotatable bonds is 4. The van der Waals surface area contributed by atoms with Gasteiger partial charge in [0.1, 0.15) is 5.76 Å². The zero-order valence-corrected chi connectivity index (χ0v) is 18.4. The predicted molar refractivity (Wildman–Crippen MR) is 126 cm³/mol. The van der Waals surface area contributed by atoms with Gasteiger partial charge < -0.3 is 9.73 Å². The molecule has 6 nitrogen and oxygen atoms in total. The quantitative estimate of drug-likeness (QED) is 0.350. The lowest BCUT2D eigenvalue weighted by molar-refractivity contribution is 0.0924. The van der Waals surface area contributed by atoms with Gasteiger partial charge in [-0.1, -0.05) is 35.3 Å². The molecule has 1 N–H and O–H groups in total. The van der Waals surface area contributed by atoms with E-state index in [2.05, 4.69) is 5.32 Å². The molecule has 3 amide bonds. The number of benzene rings is 3. The van der Waals surface area contributed by atoms with Gasteiger partial charge in [0.25, 0.3) is 17.7 Å². The Morgan fingerprint density at radius 2 is 1.48 bits per heavy atom. The molecule has 0 saturated heterocycles. The van der Waals surface area contributed by atoms with E-state index in [1.54, 1.807) is 66.7 Å². The molecule has 33 heavy (non-hydrogen) atoms. The van der Waals surface area contributed by atoms with Crippen molar-refractivity contribution in [3.05, 3.63) is 106 Å². The van der Waals surface area contributed by atoms with Crippen LogP contribution in [-0.2, 0) is 0 Å². The highest BCUT2D eigenvalue weighted by Crippen LogP contribution is 2.33. The molecular weight excluding hydrogens is 463 g/mol. The fourth-order valence-corrected chi connectivity index (χ4v) is 3.93. The highest BCUT2D eigenvalue weighted by molar-refractivity contribution is 6.37. The Labute approximate surface area is 198 Å². The summed E-state index contributed by atoms with van der Waals surface area (Å²) in [5.74, 6) is -0.725. The minimum Gasteiger partial charge on any atom is -0.451 e. The van der Waals surface area contributed by atoms with E-state index in [4.69, 9.17) is 27.6 Å². The van der Waals surface area contributed by atoms with E-state index in [1.165, 1.54) is 12.1 Å². The molecule has 0 aliphatic carbocycles. The van der Waals surface area contributed by atoms with Crippen LogP contribution in [0.2, 0.25) is 10.0 Å². The maximum Gasteiger partial charge on any atom is 0.291 e. The SMILES string of the molecule is O=C(Nc1ccc(N2C(=O)c3ccccc3C2=O)cc1Cl)c1ccc(-c2ccc(Cl)cc2)o1. The molecule has 3 aromatic carbocycles. The topological polar surface area (TPSA) is 79.6 Å². The third-order valence-corrected chi connectivity index (χ3v) is 5.78. The summed E-state index contributed by atoms with van der Waals surface area (Å²) in [5.41, 5.74) is 2.08. The lowest BCUT2D eigenvalue weighted by atomic mass is 10.1. The molecule has 4 aromatic rings. The number of imide groups is 1. The minimum atomic E-state index is -0.495. The average Bonchev–Trinajstić information content (AvgIpc) is 3.40. The first-order valence-corrected chi connectivity index (χ1v) is 10.6. The molecule has 0 spiro atoms. The Morgan fingerprint density at radius 3 is 2.12 bits per heavy atom. The van der Waals surface area contributed by atoms with Crippen molar-refractivity contribution >= 4 is 52.3 Å². The number of anilines is 2. The summed E-state index contributed by atoms with van der Waals surface area (Å²) >= 11 is 12.3. The number of amides is 3. The third kappa shape index (κ3) is 3.80. The largest absolute Gasteiger partial charge is 0.451 e. The third-order valence-electron chi connectivity index (χ3n) is 5.21. The lowest BCUT2D eigenvalue weighted by Gasteiger charge is -2.15. The van der Waals surface area contributed by atoms with Crippen LogP contribution in [0, 0.1) is 0 Å². The van der Waals surface area contributed by atoms with Crippen molar-refractivity contribution in [3.8, 4) is 11.3 Å². The maximum absolute atomic E-state index is 12.7. The van der Waals surface area contributed by atoms with Gasteiger partial charge in [0.05, 0.1) is 27.5 Å². The molecule has 0 fully saturated rings. The highest BCUT2D eigenvalue weighted by Gasteiger charge is 2.36. The Balaban J connectivity index is 1.35. The van der Waals surface area contributed by atoms with Gasteiger partial charge in [0, 0.05) is 10.6 Å². The van der Waals surface area contributed by atoms with Crippen LogP contribution in [0.25, 0.3) is 11.3 Å². The number of furan rings is 1. The minimum absolute atomic E-state index is 0.0976. The molecule has 1 aliphatic heterocycles. The smallest absolute Gasteiger partial charge is 0.291 e. The Bertz CT molecular complexity index is 1390. The molecule has 1 aromatic heterocycles. The summed E-state index contributed by atoms with van der Waals surface area (Å²) in [6.07, 6.45) is 0. The van der Waals surface area contributed by atoms with Gasteiger partial charge >= 0.3 is 0 Å². The molecule has 0 unspecified atom stereocenters. The monoisotopic (exact) mass is 476 g/mol. The molecular formula is C25H14Cl2N2O4. The van der Waals surface area contributed by atoms with Crippen LogP contribution in [0.5, 0.6) is 0 Å². The second kappa shape index (κ2) is 8.24. The van der Waals surface area contributed by atoms with Crippen molar-refractivity contribution in [2.45, 2.75) is 0 Å². The molecule has 1 aliphatic rings. The summed E-state index contributed by atoms with van der Waals surface area (Å²) in [4.78, 5) is 39.1. The summed E-state index contributed by atoms with van der Waals surface area (Å²) in [5, 5.41) is 3.45. The zero-order valence-electron chi connectivity index (χ0n) is 16.8. The van der Waals surface area contributed by atoms with Gasteiger partial charge in [-0.05, 0) is 66.7 Å². The van der Waals surface area contributed by atoms with Crippen LogP contribution in [0.15, 0.2) is 83.3 Å². The molecule has 0 saturated carbocycles. The van der Waals surface area contributed by atoms with Gasteiger partial charge in [-0.15, -0.1) is 0 Å². The molecule has 0 radical (unpaired) electrons. The van der Waals surface area contributed by atoms with E-state index in [0.717, 1.165) is 10.5 Å². The number of nitrogens with one attached hydrogen (secondary N) is 1. The van der Waals surface area contributed by atoms with E-state index in [-0.39, 0.29) is 10.8 Å². The van der Waals surface area contributed by atoms with Gasteiger partial charge in [-0.2, -0.15) is 0 Å². The number of hydrogen-bond acceptors (Lipinski definition) is 4. The fraction of sp³-hybridized carbons (Fsp3) is 0. The predicted octanol–water partition coefficient (Wildman–Crippen LogP) is 6.31. The van der Waals surface area contributed by atoms with Crippen LogP contribution in [0.3, 0.4) is 0 Å². The first kappa shape index (κ1) is 21.0. The van der Waals surface area contributed by atoms with E-state index in [9.17, 15) is 14.4 Å². The van der Waals surface area contributed by atoms with E-state index < -0.39 is 17.7 Å². The molecule has 0 bridgehead atoms. The van der Waals surface area contributed by atoms with Crippen LogP contribution in [0.4, 0.5) is 11.4 Å². The van der Waals surface area contributed by atoms with Crippen molar-refractivity contribution in [2.75, 3.05) is 10.2 Å². The van der Waals surface area contributed by atoms with Crippen LogP contribution in [-0.4, -0.2) is 17.7 Å². The number of fused-ring (bicyclic) bond motifs is 1. The number of nitrogens with zero attached hydrogens (tertiary/aromatic N) is 1. The summed E-state index contributed by atoms with van der Waals surface area (Å²) < 4.78 is 5.66. The van der Waals surface area contributed by atoms with E-state index >= 15 is 0 Å². The van der Waals surface area contributed by atoms with Crippen molar-refractivity contribution in [1.82, 2.24) is 0 Å². The highest BCUT2D eigenvalue weighted by atomic mass is 35.5. The van der Waals surface area contributed by atoms with Gasteiger partial charge in [-0.3, -0.25) is 14.4 Å². The van der Waals surface area contributed by atoms with Crippen LogP contribution >= 0.6 is 23.2 Å². The number of carbonyl (C=O) groups excluding carboxylic acids is 3. The van der Waals surface area contributed by atoms with Crippen LogP contribution in [0.1, 0.15) is 31.3 Å². The summed E-state index contributed by atoms with van der Waals surface area (Å²) in [6.45, 7) is 0. The lowest BCUT2D eigenvalue weighted by Crippen LogP contribution is -2.29. The summed E-state index contributed by atoms with van der Waals surface area (Å²) in [7, 11) is 0.